The van der Waals surface area contributed by atoms with Crippen molar-refractivity contribution in [2.24, 2.45) is 0 Å². The molecule has 0 amide bonds. The molecule has 0 aliphatic heterocycles. The summed E-state index contributed by atoms with van der Waals surface area (Å²) >= 11 is 0. The molecule has 1 atom stereocenters. The molecule has 0 spiro atoms. The van der Waals surface area contributed by atoms with E-state index in [1.807, 2.05) is 0 Å². The van der Waals surface area contributed by atoms with Crippen LogP contribution in [0.25, 0.3) is 0 Å². The number of nitrogens with zero attached hydrogens (tertiary/aromatic N) is 2. The van der Waals surface area contributed by atoms with Crippen molar-refractivity contribution in [3.05, 3.63) is 17.5 Å². The van der Waals surface area contributed by atoms with E-state index in [1.54, 1.807) is 7.11 Å². The van der Waals surface area contributed by atoms with Crippen LogP contribution in [0.2, 0.25) is 0 Å². The van der Waals surface area contributed by atoms with Gasteiger partial charge >= 0.3 is 0 Å². The fraction of sp³-hybridized carbons (Fsp3) is 0.812. The standard InChI is InChI=1S/C16H31N3O/c1-7-11-17-14(9-10-16(4,5)20-6)15-12-13(3)18-19(15)8-2/h12,14,17H,7-11H2,1-6H3. The Morgan fingerprint density at radius 1 is 1.40 bits per heavy atom. The average molecular weight is 281 g/mol. The van der Waals surface area contributed by atoms with Gasteiger partial charge < -0.3 is 10.1 Å². The van der Waals surface area contributed by atoms with Crippen LogP contribution < -0.4 is 5.32 Å². The zero-order chi connectivity index (χ0) is 15.2. The van der Waals surface area contributed by atoms with Gasteiger partial charge in [0.1, 0.15) is 0 Å². The van der Waals surface area contributed by atoms with Crippen LogP contribution in [0.3, 0.4) is 0 Å². The van der Waals surface area contributed by atoms with Crippen LogP contribution in [-0.2, 0) is 11.3 Å². The molecule has 0 fully saturated rings. The number of aromatic nitrogens is 2. The quantitative estimate of drug-likeness (QED) is 0.753. The molecule has 0 radical (unpaired) electrons. The summed E-state index contributed by atoms with van der Waals surface area (Å²) in [5.41, 5.74) is 2.32. The minimum Gasteiger partial charge on any atom is -0.379 e. The molecular formula is C16H31N3O. The van der Waals surface area contributed by atoms with Crippen molar-refractivity contribution < 1.29 is 4.74 Å². The first kappa shape index (κ1) is 17.2. The van der Waals surface area contributed by atoms with Gasteiger partial charge in [-0.2, -0.15) is 5.10 Å². The molecule has 0 saturated heterocycles. The number of methoxy groups -OCH3 is 1. The molecule has 116 valence electrons. The van der Waals surface area contributed by atoms with Crippen molar-refractivity contribution in [3.8, 4) is 0 Å². The van der Waals surface area contributed by atoms with E-state index in [2.05, 4.69) is 55.8 Å². The average Bonchev–Trinajstić information content (AvgIpc) is 2.80. The first-order valence-electron chi connectivity index (χ1n) is 7.76. The smallest absolute Gasteiger partial charge is 0.0623 e. The van der Waals surface area contributed by atoms with E-state index in [0.29, 0.717) is 6.04 Å². The van der Waals surface area contributed by atoms with Crippen LogP contribution in [0, 0.1) is 6.92 Å². The Balaban J connectivity index is 2.82. The van der Waals surface area contributed by atoms with E-state index in [1.165, 1.54) is 5.69 Å². The van der Waals surface area contributed by atoms with E-state index < -0.39 is 0 Å². The van der Waals surface area contributed by atoms with Gasteiger partial charge in [-0.25, -0.2) is 0 Å². The van der Waals surface area contributed by atoms with Crippen LogP contribution in [0.15, 0.2) is 6.07 Å². The van der Waals surface area contributed by atoms with Crippen molar-refractivity contribution in [1.82, 2.24) is 15.1 Å². The summed E-state index contributed by atoms with van der Waals surface area (Å²) < 4.78 is 7.65. The first-order chi connectivity index (χ1) is 9.43. The Kier molecular flexibility index (Phi) is 6.69. The molecule has 1 heterocycles. The first-order valence-corrected chi connectivity index (χ1v) is 7.76. The number of hydrogen-bond acceptors (Lipinski definition) is 3. The molecule has 0 saturated carbocycles. The van der Waals surface area contributed by atoms with E-state index in [0.717, 1.165) is 38.0 Å². The van der Waals surface area contributed by atoms with Gasteiger partial charge in [0.25, 0.3) is 0 Å². The molecule has 1 aromatic heterocycles. The van der Waals surface area contributed by atoms with Crippen molar-refractivity contribution in [2.75, 3.05) is 13.7 Å². The van der Waals surface area contributed by atoms with Crippen molar-refractivity contribution in [1.29, 1.82) is 0 Å². The van der Waals surface area contributed by atoms with Gasteiger partial charge in [-0.05, 0) is 59.6 Å². The Hall–Kier alpha value is -0.870. The van der Waals surface area contributed by atoms with Gasteiger partial charge in [-0.1, -0.05) is 6.92 Å². The predicted octanol–water partition coefficient (Wildman–Crippen LogP) is 3.46. The van der Waals surface area contributed by atoms with Crippen LogP contribution in [0.1, 0.15) is 64.4 Å². The summed E-state index contributed by atoms with van der Waals surface area (Å²) in [4.78, 5) is 0. The second-order valence-electron chi connectivity index (χ2n) is 6.04. The number of nitrogens with one attached hydrogen (secondary N) is 1. The summed E-state index contributed by atoms with van der Waals surface area (Å²) in [6, 6.07) is 2.56. The van der Waals surface area contributed by atoms with Crippen molar-refractivity contribution in [2.45, 2.75) is 72.1 Å². The summed E-state index contributed by atoms with van der Waals surface area (Å²) in [6.07, 6.45) is 3.23. The summed E-state index contributed by atoms with van der Waals surface area (Å²) in [5.74, 6) is 0. The zero-order valence-corrected chi connectivity index (χ0v) is 14.0. The third-order valence-electron chi connectivity index (χ3n) is 3.82. The monoisotopic (exact) mass is 281 g/mol. The minimum absolute atomic E-state index is 0.0712. The molecule has 1 N–H and O–H groups in total. The molecule has 4 heteroatoms. The minimum atomic E-state index is -0.0712. The second-order valence-corrected chi connectivity index (χ2v) is 6.04. The van der Waals surface area contributed by atoms with Gasteiger partial charge in [0.05, 0.1) is 17.0 Å². The highest BCUT2D eigenvalue weighted by molar-refractivity contribution is 5.13. The molecule has 0 aliphatic rings. The lowest BCUT2D eigenvalue weighted by Gasteiger charge is -2.27. The molecular weight excluding hydrogens is 250 g/mol. The molecule has 0 aromatic carbocycles. The van der Waals surface area contributed by atoms with E-state index in [-0.39, 0.29) is 5.60 Å². The number of hydrogen-bond donors (Lipinski definition) is 1. The largest absolute Gasteiger partial charge is 0.379 e. The number of ether oxygens (including phenoxy) is 1. The number of rotatable bonds is 9. The van der Waals surface area contributed by atoms with Crippen LogP contribution in [-0.4, -0.2) is 29.0 Å². The van der Waals surface area contributed by atoms with E-state index in [4.69, 9.17) is 4.74 Å². The molecule has 4 nitrogen and oxygen atoms in total. The molecule has 1 aromatic rings. The van der Waals surface area contributed by atoms with E-state index >= 15 is 0 Å². The van der Waals surface area contributed by atoms with Gasteiger partial charge in [0.2, 0.25) is 0 Å². The normalized spacial score (nSPS) is 13.7. The molecule has 1 unspecified atom stereocenters. The summed E-state index contributed by atoms with van der Waals surface area (Å²) in [7, 11) is 1.79. The third-order valence-corrected chi connectivity index (χ3v) is 3.82. The van der Waals surface area contributed by atoms with Crippen molar-refractivity contribution >= 4 is 0 Å². The Bertz CT molecular complexity index is 398. The number of aryl methyl sites for hydroxylation is 2. The molecule has 0 bridgehead atoms. The second kappa shape index (κ2) is 7.79. The lowest BCUT2D eigenvalue weighted by atomic mass is 9.97. The SMILES string of the molecule is CCCNC(CCC(C)(C)OC)c1cc(C)nn1CC. The fourth-order valence-electron chi connectivity index (χ4n) is 2.37. The molecule has 1 rings (SSSR count). The fourth-order valence-corrected chi connectivity index (χ4v) is 2.37. The molecule has 20 heavy (non-hydrogen) atoms. The maximum atomic E-state index is 5.54. The van der Waals surface area contributed by atoms with Gasteiger partial charge in [0, 0.05) is 19.7 Å². The summed E-state index contributed by atoms with van der Waals surface area (Å²) in [5, 5.41) is 8.22. The zero-order valence-electron chi connectivity index (χ0n) is 14.0. The Morgan fingerprint density at radius 2 is 2.10 bits per heavy atom. The van der Waals surface area contributed by atoms with Gasteiger partial charge in [0.15, 0.2) is 0 Å². The third kappa shape index (κ3) is 4.91. The maximum absolute atomic E-state index is 5.54. The lowest BCUT2D eigenvalue weighted by Crippen LogP contribution is -2.29. The highest BCUT2D eigenvalue weighted by atomic mass is 16.5. The van der Waals surface area contributed by atoms with Crippen LogP contribution >= 0.6 is 0 Å². The van der Waals surface area contributed by atoms with Crippen LogP contribution in [0.5, 0.6) is 0 Å². The highest BCUT2D eigenvalue weighted by Crippen LogP contribution is 2.25. The molecule has 0 aliphatic carbocycles. The lowest BCUT2D eigenvalue weighted by molar-refractivity contribution is 0.0115. The summed E-state index contributed by atoms with van der Waals surface area (Å²) in [6.45, 7) is 12.6. The van der Waals surface area contributed by atoms with Gasteiger partial charge in [-0.15, -0.1) is 0 Å². The Morgan fingerprint density at radius 3 is 2.65 bits per heavy atom. The maximum Gasteiger partial charge on any atom is 0.0623 e. The van der Waals surface area contributed by atoms with Crippen LogP contribution in [0.4, 0.5) is 0 Å². The topological polar surface area (TPSA) is 39.1 Å². The van der Waals surface area contributed by atoms with Crippen molar-refractivity contribution in [3.63, 3.8) is 0 Å². The predicted molar refractivity (Wildman–Crippen MR) is 84.0 cm³/mol. The van der Waals surface area contributed by atoms with E-state index in [9.17, 15) is 0 Å². The highest BCUT2D eigenvalue weighted by Gasteiger charge is 2.22. The van der Waals surface area contributed by atoms with Gasteiger partial charge in [-0.3, -0.25) is 4.68 Å². The Labute approximate surface area is 123 Å².